The summed E-state index contributed by atoms with van der Waals surface area (Å²) in [5.41, 5.74) is 1.67. The number of rotatable bonds is 11. The number of methoxy groups -OCH3 is 2. The maximum atomic E-state index is 12.3. The summed E-state index contributed by atoms with van der Waals surface area (Å²) < 4.78 is 17.7. The Kier molecular flexibility index (Phi) is 9.70. The fourth-order valence-electron chi connectivity index (χ4n) is 4.43. The summed E-state index contributed by atoms with van der Waals surface area (Å²) in [5, 5.41) is 25.0. The molecule has 212 valence electrons. The first-order valence-corrected chi connectivity index (χ1v) is 13.1. The number of carboxylic acid groups (broad SMARTS) is 1. The second kappa shape index (κ2) is 13.4. The highest BCUT2D eigenvalue weighted by Gasteiger charge is 2.30. The number of carboxylic acids is 1. The van der Waals surface area contributed by atoms with Gasteiger partial charge in [-0.3, -0.25) is 10.1 Å². The van der Waals surface area contributed by atoms with Gasteiger partial charge in [-0.25, -0.2) is 4.79 Å². The van der Waals surface area contributed by atoms with Gasteiger partial charge in [0, 0.05) is 12.0 Å². The number of carbonyl (C=O) groups is 1. The second-order valence-corrected chi connectivity index (χ2v) is 9.79. The Balaban J connectivity index is 1.69. The first-order chi connectivity index (χ1) is 19.7. The molecular weight excluding hydrogens is 571 g/mol. The average molecular weight is 597 g/mol. The van der Waals surface area contributed by atoms with Crippen LogP contribution in [0.3, 0.4) is 0 Å². The van der Waals surface area contributed by atoms with Crippen LogP contribution in [0.25, 0.3) is 0 Å². The van der Waals surface area contributed by atoms with E-state index in [0.717, 1.165) is 0 Å². The zero-order valence-corrected chi connectivity index (χ0v) is 23.6. The molecule has 0 saturated heterocycles. The van der Waals surface area contributed by atoms with E-state index >= 15 is 0 Å². The highest BCUT2D eigenvalue weighted by Crippen LogP contribution is 2.37. The van der Waals surface area contributed by atoms with Crippen LogP contribution in [0.4, 0.5) is 0 Å². The van der Waals surface area contributed by atoms with Crippen LogP contribution in [0.2, 0.25) is 10.0 Å². The monoisotopic (exact) mass is 596 g/mol. The van der Waals surface area contributed by atoms with E-state index in [2.05, 4.69) is 5.32 Å². The van der Waals surface area contributed by atoms with Crippen LogP contribution in [-0.4, -0.2) is 37.3 Å². The topological polar surface area (TPSA) is 121 Å². The summed E-state index contributed by atoms with van der Waals surface area (Å²) in [6, 6.07) is 11.9. The SMILES string of the molecule is COc1ccc([C@H](Cc2c(Cl)c[n+]([O-])cc2Cl)OC2=CC=CC(NC(C(=O)O)c3ccccc3)C2=C=O)cc1OC. The molecule has 0 saturated carbocycles. The number of benzene rings is 2. The van der Waals surface area contributed by atoms with Gasteiger partial charge in [0.05, 0.1) is 25.8 Å². The molecule has 1 aliphatic carbocycles. The van der Waals surface area contributed by atoms with E-state index in [0.29, 0.717) is 32.9 Å². The van der Waals surface area contributed by atoms with Crippen molar-refractivity contribution in [1.29, 1.82) is 0 Å². The molecule has 0 spiro atoms. The van der Waals surface area contributed by atoms with Crippen LogP contribution < -0.4 is 19.5 Å². The van der Waals surface area contributed by atoms with Crippen molar-refractivity contribution in [3.63, 3.8) is 0 Å². The third-order valence-electron chi connectivity index (χ3n) is 6.46. The number of hydrogen-bond donors (Lipinski definition) is 2. The molecule has 0 radical (unpaired) electrons. The molecule has 0 bridgehead atoms. The minimum absolute atomic E-state index is 0.0720. The second-order valence-electron chi connectivity index (χ2n) is 8.98. The van der Waals surface area contributed by atoms with Crippen molar-refractivity contribution in [3.05, 3.63) is 122 Å². The summed E-state index contributed by atoms with van der Waals surface area (Å²) in [6.45, 7) is 0. The van der Waals surface area contributed by atoms with E-state index in [1.165, 1.54) is 26.6 Å². The van der Waals surface area contributed by atoms with Crippen LogP contribution in [0.15, 0.2) is 90.5 Å². The van der Waals surface area contributed by atoms with Crippen LogP contribution in [-0.2, 0) is 20.7 Å². The molecule has 0 fully saturated rings. The van der Waals surface area contributed by atoms with Crippen molar-refractivity contribution < 1.29 is 33.6 Å². The van der Waals surface area contributed by atoms with Gasteiger partial charge in [0.1, 0.15) is 33.9 Å². The number of pyridine rings is 1. The van der Waals surface area contributed by atoms with Gasteiger partial charge in [0.2, 0.25) is 0 Å². The molecule has 4 rings (SSSR count). The summed E-state index contributed by atoms with van der Waals surface area (Å²) in [7, 11) is 3.01. The largest absolute Gasteiger partial charge is 0.619 e. The van der Waals surface area contributed by atoms with E-state index in [4.69, 9.17) is 37.4 Å². The zero-order valence-electron chi connectivity index (χ0n) is 22.0. The van der Waals surface area contributed by atoms with Crippen molar-refractivity contribution in [2.24, 2.45) is 0 Å². The number of allylic oxidation sites excluding steroid dienone is 2. The molecule has 0 amide bonds. The Hall–Kier alpha value is -4.27. The molecule has 1 aliphatic rings. The number of nitrogens with zero attached hydrogens (tertiary/aromatic N) is 1. The fraction of sp³-hybridized carbons (Fsp3) is 0.200. The van der Waals surface area contributed by atoms with Crippen molar-refractivity contribution in [2.45, 2.75) is 24.6 Å². The third kappa shape index (κ3) is 6.90. The predicted molar refractivity (Wildman–Crippen MR) is 153 cm³/mol. The Bertz CT molecular complexity index is 1510. The number of halogens is 2. The highest BCUT2D eigenvalue weighted by molar-refractivity contribution is 6.35. The number of carbonyl (C=O) groups excluding carboxylic acids is 1. The quantitative estimate of drug-likeness (QED) is 0.181. The molecule has 2 aromatic carbocycles. The van der Waals surface area contributed by atoms with Gasteiger partial charge < -0.3 is 24.5 Å². The number of ether oxygens (including phenoxy) is 3. The van der Waals surface area contributed by atoms with E-state index in [9.17, 15) is 19.9 Å². The number of aromatic nitrogens is 1. The standard InChI is InChI=1S/C30H26Cl2N2O7/c1-39-26-12-11-19(13-28(26)40-2)27(14-20-22(31)15-34(38)16-23(20)32)41-25-10-6-9-24(21(25)17-35)33-29(30(36)37)18-7-4-3-5-8-18/h3-13,15-16,24,27,29,33H,14H2,1-2H3,(H,36,37)/t24?,27-,29?/m0/s1. The van der Waals surface area contributed by atoms with E-state index in [-0.39, 0.29) is 27.8 Å². The Labute approximate surface area is 246 Å². The summed E-state index contributed by atoms with van der Waals surface area (Å²) in [6.07, 6.45) is 6.60. The first-order valence-electron chi connectivity index (χ1n) is 12.4. The zero-order chi connectivity index (χ0) is 29.5. The number of aliphatic carboxylic acids is 1. The molecule has 3 atom stereocenters. The van der Waals surface area contributed by atoms with Gasteiger partial charge >= 0.3 is 5.97 Å². The highest BCUT2D eigenvalue weighted by atomic mass is 35.5. The van der Waals surface area contributed by atoms with Crippen molar-refractivity contribution >= 4 is 35.1 Å². The third-order valence-corrected chi connectivity index (χ3v) is 7.11. The summed E-state index contributed by atoms with van der Waals surface area (Å²) in [4.78, 5) is 24.4. The first kappa shape index (κ1) is 29.7. The van der Waals surface area contributed by atoms with Gasteiger partial charge in [0.15, 0.2) is 23.9 Å². The maximum absolute atomic E-state index is 12.3. The molecule has 2 unspecified atom stereocenters. The van der Waals surface area contributed by atoms with Crippen molar-refractivity contribution in [2.75, 3.05) is 14.2 Å². The Morgan fingerprint density at radius 3 is 2.37 bits per heavy atom. The number of hydrogen-bond acceptors (Lipinski definition) is 7. The smallest absolute Gasteiger partial charge is 0.325 e. The van der Waals surface area contributed by atoms with Gasteiger partial charge in [0.25, 0.3) is 0 Å². The minimum atomic E-state index is -1.11. The molecule has 9 nitrogen and oxygen atoms in total. The molecule has 11 heteroatoms. The van der Waals surface area contributed by atoms with E-state index in [1.54, 1.807) is 66.8 Å². The molecular formula is C30H26Cl2N2O7. The van der Waals surface area contributed by atoms with Crippen molar-refractivity contribution in [3.8, 4) is 11.5 Å². The molecule has 3 aromatic rings. The Morgan fingerprint density at radius 1 is 1.07 bits per heavy atom. The van der Waals surface area contributed by atoms with Gasteiger partial charge in [-0.15, -0.1) is 0 Å². The summed E-state index contributed by atoms with van der Waals surface area (Å²) in [5.74, 6) is 1.91. The van der Waals surface area contributed by atoms with Crippen LogP contribution >= 0.6 is 23.2 Å². The van der Waals surface area contributed by atoms with Crippen LogP contribution in [0.5, 0.6) is 11.5 Å². The van der Waals surface area contributed by atoms with E-state index in [1.807, 2.05) is 5.94 Å². The molecule has 0 aliphatic heterocycles. The molecule has 1 aromatic heterocycles. The number of nitrogens with one attached hydrogen (secondary N) is 1. The van der Waals surface area contributed by atoms with Crippen LogP contribution in [0, 0.1) is 5.21 Å². The predicted octanol–water partition coefficient (Wildman–Crippen LogP) is 4.94. The molecule has 1 heterocycles. The lowest BCUT2D eigenvalue weighted by atomic mass is 9.97. The molecule has 2 N–H and O–H groups in total. The minimum Gasteiger partial charge on any atom is -0.619 e. The van der Waals surface area contributed by atoms with Gasteiger partial charge in [-0.1, -0.05) is 71.8 Å². The normalized spacial score (nSPS) is 15.9. The fourth-order valence-corrected chi connectivity index (χ4v) is 5.03. The summed E-state index contributed by atoms with van der Waals surface area (Å²) >= 11 is 12.8. The van der Waals surface area contributed by atoms with Gasteiger partial charge in [-0.05, 0) is 29.3 Å². The van der Waals surface area contributed by atoms with Crippen LogP contribution in [0.1, 0.15) is 28.8 Å². The lowest BCUT2D eigenvalue weighted by Crippen LogP contribution is -2.38. The average Bonchev–Trinajstić information content (AvgIpc) is 2.97. The lowest BCUT2D eigenvalue weighted by molar-refractivity contribution is -0.605. The van der Waals surface area contributed by atoms with Gasteiger partial charge in [-0.2, -0.15) is 4.73 Å². The van der Waals surface area contributed by atoms with Crippen molar-refractivity contribution in [1.82, 2.24) is 5.32 Å². The van der Waals surface area contributed by atoms with E-state index < -0.39 is 24.2 Å². The molecule has 41 heavy (non-hydrogen) atoms. The lowest BCUT2D eigenvalue weighted by Gasteiger charge is -2.28. The maximum Gasteiger partial charge on any atom is 0.325 e. The Morgan fingerprint density at radius 2 is 1.76 bits per heavy atom.